The average Bonchev–Trinajstić information content (AvgIpc) is 2.90. The lowest BCUT2D eigenvalue weighted by Gasteiger charge is -2.35. The third kappa shape index (κ3) is 4.08. The minimum absolute atomic E-state index is 0. The molecule has 0 saturated carbocycles. The Labute approximate surface area is 149 Å². The highest BCUT2D eigenvalue weighted by Crippen LogP contribution is 2.23. The van der Waals surface area contributed by atoms with Crippen molar-refractivity contribution in [1.29, 1.82) is 0 Å². The molecule has 0 aromatic heterocycles. The highest BCUT2D eigenvalue weighted by Gasteiger charge is 2.38. The zero-order valence-electron chi connectivity index (χ0n) is 14.3. The fourth-order valence-corrected chi connectivity index (χ4v) is 3.41. The van der Waals surface area contributed by atoms with Crippen LogP contribution >= 0.6 is 12.4 Å². The lowest BCUT2D eigenvalue weighted by atomic mass is 10.1. The van der Waals surface area contributed by atoms with Crippen LogP contribution in [-0.4, -0.2) is 53.8 Å². The van der Waals surface area contributed by atoms with Gasteiger partial charge >= 0.3 is 0 Å². The Balaban J connectivity index is 0.00000208. The first kappa shape index (κ1) is 18.7. The SMILES string of the molecule is Cc1ccc(CN2CC(C(=O)N3CCNC[C@@H]3C)CC2=O)cc1.Cl. The van der Waals surface area contributed by atoms with Crippen molar-refractivity contribution in [3.63, 3.8) is 0 Å². The Morgan fingerprint density at radius 2 is 2.00 bits per heavy atom. The van der Waals surface area contributed by atoms with Gasteiger partial charge in [-0.25, -0.2) is 0 Å². The molecule has 2 aliphatic heterocycles. The van der Waals surface area contributed by atoms with Gasteiger partial charge in [-0.15, -0.1) is 12.4 Å². The molecule has 2 amide bonds. The molecule has 3 rings (SSSR count). The quantitative estimate of drug-likeness (QED) is 0.899. The van der Waals surface area contributed by atoms with Crippen molar-refractivity contribution in [2.75, 3.05) is 26.2 Å². The highest BCUT2D eigenvalue weighted by molar-refractivity contribution is 5.89. The van der Waals surface area contributed by atoms with E-state index in [9.17, 15) is 9.59 Å². The number of amides is 2. The van der Waals surface area contributed by atoms with E-state index >= 15 is 0 Å². The van der Waals surface area contributed by atoms with E-state index in [0.717, 1.165) is 25.2 Å². The number of likely N-dealkylation sites (tertiary alicyclic amines) is 1. The van der Waals surface area contributed by atoms with E-state index in [1.54, 1.807) is 0 Å². The Morgan fingerprint density at radius 1 is 1.29 bits per heavy atom. The number of nitrogens with one attached hydrogen (secondary N) is 1. The van der Waals surface area contributed by atoms with Crippen LogP contribution in [0.1, 0.15) is 24.5 Å². The largest absolute Gasteiger partial charge is 0.338 e. The van der Waals surface area contributed by atoms with E-state index in [2.05, 4.69) is 36.5 Å². The number of carbonyl (C=O) groups excluding carboxylic acids is 2. The second kappa shape index (κ2) is 7.99. The van der Waals surface area contributed by atoms with Crippen LogP contribution in [0, 0.1) is 12.8 Å². The second-order valence-corrected chi connectivity index (χ2v) is 6.75. The molecular weight excluding hydrogens is 326 g/mol. The predicted molar refractivity (Wildman–Crippen MR) is 96.0 cm³/mol. The summed E-state index contributed by atoms with van der Waals surface area (Å²) in [6.07, 6.45) is 0.349. The molecule has 0 radical (unpaired) electrons. The number of hydrogen-bond acceptors (Lipinski definition) is 3. The summed E-state index contributed by atoms with van der Waals surface area (Å²) in [7, 11) is 0. The van der Waals surface area contributed by atoms with E-state index in [0.29, 0.717) is 19.5 Å². The van der Waals surface area contributed by atoms with Gasteiger partial charge in [0.05, 0.1) is 5.92 Å². The predicted octanol–water partition coefficient (Wildman–Crippen LogP) is 1.59. The van der Waals surface area contributed by atoms with Crippen molar-refractivity contribution in [1.82, 2.24) is 15.1 Å². The molecule has 1 aromatic carbocycles. The zero-order valence-corrected chi connectivity index (χ0v) is 15.1. The maximum absolute atomic E-state index is 12.7. The number of aryl methyl sites for hydroxylation is 1. The normalized spacial score (nSPS) is 24.0. The van der Waals surface area contributed by atoms with Crippen LogP contribution in [-0.2, 0) is 16.1 Å². The Bertz CT molecular complexity index is 590. The molecule has 0 spiro atoms. The summed E-state index contributed by atoms with van der Waals surface area (Å²) in [5.41, 5.74) is 2.33. The van der Waals surface area contributed by atoms with Crippen molar-refractivity contribution in [3.8, 4) is 0 Å². The molecule has 5 nitrogen and oxygen atoms in total. The Kier molecular flexibility index (Phi) is 6.24. The number of halogens is 1. The molecular formula is C18H26ClN3O2. The van der Waals surface area contributed by atoms with E-state index in [4.69, 9.17) is 0 Å². The van der Waals surface area contributed by atoms with E-state index < -0.39 is 0 Å². The first-order valence-electron chi connectivity index (χ1n) is 8.39. The van der Waals surface area contributed by atoms with Gasteiger partial charge in [0.15, 0.2) is 0 Å². The van der Waals surface area contributed by atoms with Crippen molar-refractivity contribution in [3.05, 3.63) is 35.4 Å². The van der Waals surface area contributed by atoms with Crippen LogP contribution in [0.5, 0.6) is 0 Å². The standard InChI is InChI=1S/C18H25N3O2.ClH/c1-13-3-5-15(6-4-13)11-20-12-16(9-17(20)22)18(23)21-8-7-19-10-14(21)2;/h3-6,14,16,19H,7-12H2,1-2H3;1H/t14-,16?;/m0./s1. The van der Waals surface area contributed by atoms with Gasteiger partial charge < -0.3 is 15.1 Å². The molecule has 0 aliphatic carbocycles. The molecule has 2 aliphatic rings. The van der Waals surface area contributed by atoms with Gasteiger partial charge in [0.2, 0.25) is 11.8 Å². The summed E-state index contributed by atoms with van der Waals surface area (Å²) in [4.78, 5) is 28.7. The molecule has 24 heavy (non-hydrogen) atoms. The maximum Gasteiger partial charge on any atom is 0.228 e. The molecule has 2 heterocycles. The van der Waals surface area contributed by atoms with Gasteiger partial charge in [0, 0.05) is 45.2 Å². The van der Waals surface area contributed by atoms with Gasteiger partial charge in [-0.3, -0.25) is 9.59 Å². The van der Waals surface area contributed by atoms with Gasteiger partial charge in [0.25, 0.3) is 0 Å². The molecule has 132 valence electrons. The van der Waals surface area contributed by atoms with Gasteiger partial charge in [-0.1, -0.05) is 29.8 Å². The van der Waals surface area contributed by atoms with Crippen molar-refractivity contribution in [2.24, 2.45) is 5.92 Å². The van der Waals surface area contributed by atoms with Crippen LogP contribution in [0.25, 0.3) is 0 Å². The summed E-state index contributed by atoms with van der Waals surface area (Å²) >= 11 is 0. The smallest absolute Gasteiger partial charge is 0.228 e. The maximum atomic E-state index is 12.7. The molecule has 2 saturated heterocycles. The molecule has 1 unspecified atom stereocenters. The van der Waals surface area contributed by atoms with Crippen molar-refractivity contribution in [2.45, 2.75) is 32.9 Å². The van der Waals surface area contributed by atoms with Crippen LogP contribution in [0.4, 0.5) is 0 Å². The summed E-state index contributed by atoms with van der Waals surface area (Å²) in [6.45, 7) is 7.66. The van der Waals surface area contributed by atoms with Gasteiger partial charge in [0.1, 0.15) is 0 Å². The first-order chi connectivity index (χ1) is 11.0. The highest BCUT2D eigenvalue weighted by atomic mass is 35.5. The van der Waals surface area contributed by atoms with Crippen LogP contribution < -0.4 is 5.32 Å². The average molecular weight is 352 g/mol. The van der Waals surface area contributed by atoms with E-state index in [-0.39, 0.29) is 36.2 Å². The third-order valence-corrected chi connectivity index (χ3v) is 4.84. The zero-order chi connectivity index (χ0) is 16.4. The monoisotopic (exact) mass is 351 g/mol. The number of piperazine rings is 1. The third-order valence-electron chi connectivity index (χ3n) is 4.84. The fraction of sp³-hybridized carbons (Fsp3) is 0.556. The lowest BCUT2D eigenvalue weighted by Crippen LogP contribution is -2.54. The van der Waals surface area contributed by atoms with Gasteiger partial charge in [-0.05, 0) is 19.4 Å². The minimum Gasteiger partial charge on any atom is -0.338 e. The second-order valence-electron chi connectivity index (χ2n) is 6.75. The minimum atomic E-state index is -0.187. The van der Waals surface area contributed by atoms with Crippen LogP contribution in [0.15, 0.2) is 24.3 Å². The van der Waals surface area contributed by atoms with Gasteiger partial charge in [-0.2, -0.15) is 0 Å². The summed E-state index contributed by atoms with van der Waals surface area (Å²) in [5, 5.41) is 3.29. The molecule has 1 aromatic rings. The molecule has 0 bridgehead atoms. The number of benzene rings is 1. The lowest BCUT2D eigenvalue weighted by molar-refractivity contribution is -0.138. The summed E-state index contributed by atoms with van der Waals surface area (Å²) in [5.74, 6) is 0.0407. The van der Waals surface area contributed by atoms with Crippen LogP contribution in [0.2, 0.25) is 0 Å². The van der Waals surface area contributed by atoms with Crippen molar-refractivity contribution < 1.29 is 9.59 Å². The molecule has 1 N–H and O–H groups in total. The molecule has 6 heteroatoms. The summed E-state index contributed by atoms with van der Waals surface area (Å²) in [6, 6.07) is 8.42. The molecule has 2 atom stereocenters. The number of carbonyl (C=O) groups is 2. The van der Waals surface area contributed by atoms with E-state index in [1.165, 1.54) is 5.56 Å². The number of nitrogens with zero attached hydrogens (tertiary/aromatic N) is 2. The fourth-order valence-electron chi connectivity index (χ4n) is 3.41. The summed E-state index contributed by atoms with van der Waals surface area (Å²) < 4.78 is 0. The first-order valence-corrected chi connectivity index (χ1v) is 8.39. The van der Waals surface area contributed by atoms with Crippen LogP contribution in [0.3, 0.4) is 0 Å². The van der Waals surface area contributed by atoms with Crippen molar-refractivity contribution >= 4 is 24.2 Å². The topological polar surface area (TPSA) is 52.7 Å². The number of rotatable bonds is 3. The molecule has 2 fully saturated rings. The Hall–Kier alpha value is -1.59. The van der Waals surface area contributed by atoms with E-state index in [1.807, 2.05) is 16.7 Å². The Morgan fingerprint density at radius 3 is 2.67 bits per heavy atom. The number of hydrogen-bond donors (Lipinski definition) is 1.